The minimum Gasteiger partial charge on any atom is -0.371 e. The molecule has 2 heterocycles. The van der Waals surface area contributed by atoms with Gasteiger partial charge in [-0.25, -0.2) is 0 Å². The Morgan fingerprint density at radius 1 is 0.500 bits per heavy atom. The van der Waals surface area contributed by atoms with Gasteiger partial charge in [0.05, 0.1) is 0 Å². The van der Waals surface area contributed by atoms with Crippen LogP contribution >= 0.6 is 0 Å². The fraction of sp³-hybridized carbons (Fsp3) is 0.625. The summed E-state index contributed by atoms with van der Waals surface area (Å²) in [6.45, 7) is 19.6. The monoisotopic (exact) mass is 474 g/mol. The van der Waals surface area contributed by atoms with Crippen LogP contribution in [0.15, 0.2) is 48.5 Å². The molecular formula is C32H62N2. The van der Waals surface area contributed by atoms with Crippen molar-refractivity contribution in [3.63, 3.8) is 0 Å². The molecule has 2 aromatic carbocycles. The van der Waals surface area contributed by atoms with Gasteiger partial charge in [0.1, 0.15) is 0 Å². The molecule has 2 aliphatic heterocycles. The molecule has 0 N–H and O–H groups in total. The maximum Gasteiger partial charge on any atom is 0.0402 e. The summed E-state index contributed by atoms with van der Waals surface area (Å²) in [6.07, 6.45) is 0. The molecule has 2 aromatic rings. The third kappa shape index (κ3) is 8.07. The number of hydrogen-bond donors (Lipinski definition) is 0. The zero-order chi connectivity index (χ0) is 23.0. The van der Waals surface area contributed by atoms with Crippen LogP contribution < -0.4 is 9.80 Å². The molecule has 0 radical (unpaired) electrons. The summed E-state index contributed by atoms with van der Waals surface area (Å²) in [6, 6.07) is 18.7. The standard InChI is InChI=1S/C13H19N.C11H15N.2C2H6.4CH4/c1-9-10(2)12-7-5-6-8-13(12)14(4)11(9)3;1-8-9(2)12(3)11-7-5-4-6-10(8)11;2*1-2;;;;/h5-11H,1-4H3;4-9H,1-3H3;2*1-2H3;4*1H4. The molecule has 2 heteroatoms. The molecular weight excluding hydrogens is 412 g/mol. The Labute approximate surface area is 216 Å². The van der Waals surface area contributed by atoms with E-state index in [0.29, 0.717) is 23.9 Å². The highest BCUT2D eigenvalue weighted by Crippen LogP contribution is 2.40. The van der Waals surface area contributed by atoms with Gasteiger partial charge < -0.3 is 9.80 Å². The minimum absolute atomic E-state index is 0. The zero-order valence-corrected chi connectivity index (χ0v) is 21.4. The van der Waals surface area contributed by atoms with Gasteiger partial charge in [0.25, 0.3) is 0 Å². The summed E-state index contributed by atoms with van der Waals surface area (Å²) in [5, 5.41) is 0. The molecule has 0 fully saturated rings. The molecule has 5 atom stereocenters. The summed E-state index contributed by atoms with van der Waals surface area (Å²) in [5.74, 6) is 2.08. The van der Waals surface area contributed by atoms with Crippen LogP contribution in [0.25, 0.3) is 0 Å². The molecule has 2 nitrogen and oxygen atoms in total. The Bertz CT molecular complexity index is 692. The molecule has 34 heavy (non-hydrogen) atoms. The van der Waals surface area contributed by atoms with Crippen LogP contribution in [0.2, 0.25) is 0 Å². The predicted molar refractivity (Wildman–Crippen MR) is 164 cm³/mol. The highest BCUT2D eigenvalue weighted by molar-refractivity contribution is 5.60. The van der Waals surface area contributed by atoms with E-state index in [1.165, 1.54) is 22.5 Å². The molecule has 200 valence electrons. The van der Waals surface area contributed by atoms with E-state index in [-0.39, 0.29) is 29.7 Å². The van der Waals surface area contributed by atoms with E-state index in [2.05, 4.69) is 107 Å². The second-order valence-electron chi connectivity index (χ2n) is 8.26. The summed E-state index contributed by atoms with van der Waals surface area (Å²) in [7, 11) is 4.37. The molecule has 0 spiro atoms. The van der Waals surface area contributed by atoms with Crippen LogP contribution in [0.5, 0.6) is 0 Å². The van der Waals surface area contributed by atoms with Gasteiger partial charge in [0, 0.05) is 43.5 Å². The molecule has 0 aliphatic carbocycles. The number of nitrogens with zero attached hydrogens (tertiary/aromatic N) is 2. The first kappa shape index (κ1) is 39.3. The topological polar surface area (TPSA) is 6.48 Å². The molecule has 0 saturated heterocycles. The van der Waals surface area contributed by atoms with Crippen LogP contribution in [0.1, 0.15) is 115 Å². The van der Waals surface area contributed by atoms with Crippen molar-refractivity contribution in [2.24, 2.45) is 5.92 Å². The first-order valence-corrected chi connectivity index (χ1v) is 12.0. The van der Waals surface area contributed by atoms with Crippen LogP contribution in [0, 0.1) is 5.92 Å². The van der Waals surface area contributed by atoms with Gasteiger partial charge in [-0.3, -0.25) is 0 Å². The summed E-state index contributed by atoms with van der Waals surface area (Å²) < 4.78 is 0. The molecule has 0 amide bonds. The Kier molecular flexibility index (Phi) is 21.2. The highest BCUT2D eigenvalue weighted by Gasteiger charge is 2.31. The van der Waals surface area contributed by atoms with Crippen LogP contribution in [-0.4, -0.2) is 26.2 Å². The Balaban J connectivity index is -0.000000211. The van der Waals surface area contributed by atoms with Crippen molar-refractivity contribution >= 4 is 11.4 Å². The molecule has 0 bridgehead atoms. The fourth-order valence-electron chi connectivity index (χ4n) is 4.48. The average Bonchev–Trinajstić information content (AvgIpc) is 3.03. The van der Waals surface area contributed by atoms with Crippen molar-refractivity contribution in [2.75, 3.05) is 23.9 Å². The maximum atomic E-state index is 2.40. The number of anilines is 2. The molecule has 0 aromatic heterocycles. The lowest BCUT2D eigenvalue weighted by Crippen LogP contribution is -2.41. The van der Waals surface area contributed by atoms with E-state index >= 15 is 0 Å². The number of likely N-dealkylation sites (N-methyl/N-ethyl adjacent to an activating group) is 1. The van der Waals surface area contributed by atoms with E-state index in [9.17, 15) is 0 Å². The third-order valence-corrected chi connectivity index (χ3v) is 7.11. The van der Waals surface area contributed by atoms with Crippen LogP contribution in [-0.2, 0) is 0 Å². The number of fused-ring (bicyclic) bond motifs is 2. The largest absolute Gasteiger partial charge is 0.371 e. The van der Waals surface area contributed by atoms with Crippen molar-refractivity contribution in [1.82, 2.24) is 0 Å². The first-order chi connectivity index (χ1) is 14.3. The van der Waals surface area contributed by atoms with Crippen molar-refractivity contribution in [3.05, 3.63) is 59.7 Å². The van der Waals surface area contributed by atoms with E-state index in [0.717, 1.165) is 5.92 Å². The van der Waals surface area contributed by atoms with Gasteiger partial charge in [0.15, 0.2) is 0 Å². The molecule has 0 saturated carbocycles. The number of rotatable bonds is 0. The SMILES string of the molecule is C.C.C.C.CC.CC.CC1c2ccccc2N(C)C(C)C1C.CC1c2ccccc2N(C)C1C. The van der Waals surface area contributed by atoms with Crippen LogP contribution in [0.4, 0.5) is 11.4 Å². The minimum atomic E-state index is 0. The van der Waals surface area contributed by atoms with Gasteiger partial charge in [0.2, 0.25) is 0 Å². The quantitative estimate of drug-likeness (QED) is 0.374. The van der Waals surface area contributed by atoms with E-state index < -0.39 is 0 Å². The normalized spacial score (nSPS) is 23.0. The first-order valence-electron chi connectivity index (χ1n) is 12.0. The second-order valence-corrected chi connectivity index (χ2v) is 8.26. The van der Waals surface area contributed by atoms with E-state index in [1.807, 2.05) is 27.7 Å². The second kappa shape index (κ2) is 18.4. The molecule has 2 aliphatic rings. The fourth-order valence-corrected chi connectivity index (χ4v) is 4.48. The van der Waals surface area contributed by atoms with Crippen molar-refractivity contribution in [3.8, 4) is 0 Å². The van der Waals surface area contributed by atoms with Crippen molar-refractivity contribution in [1.29, 1.82) is 0 Å². The Hall–Kier alpha value is -1.96. The number of hydrogen-bond acceptors (Lipinski definition) is 2. The smallest absolute Gasteiger partial charge is 0.0402 e. The van der Waals surface area contributed by atoms with E-state index in [4.69, 9.17) is 0 Å². The number of para-hydroxylation sites is 2. The van der Waals surface area contributed by atoms with Gasteiger partial charge in [-0.1, -0.05) is 115 Å². The lowest BCUT2D eigenvalue weighted by atomic mass is 9.79. The average molecular weight is 475 g/mol. The van der Waals surface area contributed by atoms with Gasteiger partial charge in [-0.15, -0.1) is 0 Å². The van der Waals surface area contributed by atoms with Crippen molar-refractivity contribution < 1.29 is 0 Å². The molecule has 4 rings (SSSR count). The molecule has 5 unspecified atom stereocenters. The lowest BCUT2D eigenvalue weighted by Gasteiger charge is -2.42. The summed E-state index contributed by atoms with van der Waals surface area (Å²) in [5.41, 5.74) is 5.80. The van der Waals surface area contributed by atoms with Gasteiger partial charge in [-0.05, 0) is 48.9 Å². The van der Waals surface area contributed by atoms with E-state index in [1.54, 1.807) is 0 Å². The Morgan fingerprint density at radius 2 is 0.824 bits per heavy atom. The van der Waals surface area contributed by atoms with Gasteiger partial charge in [-0.2, -0.15) is 0 Å². The van der Waals surface area contributed by atoms with Crippen molar-refractivity contribution in [2.45, 2.75) is 116 Å². The lowest BCUT2D eigenvalue weighted by molar-refractivity contribution is 0.384. The Morgan fingerprint density at radius 3 is 1.21 bits per heavy atom. The highest BCUT2D eigenvalue weighted by atomic mass is 15.2. The number of benzene rings is 2. The zero-order valence-electron chi connectivity index (χ0n) is 21.4. The predicted octanol–water partition coefficient (Wildman–Crippen LogP) is 10.5. The van der Waals surface area contributed by atoms with Gasteiger partial charge >= 0.3 is 0 Å². The third-order valence-electron chi connectivity index (χ3n) is 7.11. The van der Waals surface area contributed by atoms with Crippen LogP contribution in [0.3, 0.4) is 0 Å². The summed E-state index contributed by atoms with van der Waals surface area (Å²) >= 11 is 0. The summed E-state index contributed by atoms with van der Waals surface area (Å²) in [4.78, 5) is 4.76. The maximum absolute atomic E-state index is 2.40.